The highest BCUT2D eigenvalue weighted by atomic mass is 32.2. The zero-order valence-electron chi connectivity index (χ0n) is 9.40. The van der Waals surface area contributed by atoms with Crippen LogP contribution in [0.5, 0.6) is 5.88 Å². The van der Waals surface area contributed by atoms with Crippen molar-refractivity contribution in [2.45, 2.75) is 24.8 Å². The van der Waals surface area contributed by atoms with Gasteiger partial charge < -0.3 is 4.18 Å². The van der Waals surface area contributed by atoms with Crippen molar-refractivity contribution >= 4 is 15.9 Å². The molecular weight excluding hydrogens is 287 g/mol. The number of carbonyl (C=O) groups is 1. The molecular formula is C10H8F3NO4S. The first kappa shape index (κ1) is 13.8. The van der Waals surface area contributed by atoms with Crippen molar-refractivity contribution in [3.05, 3.63) is 23.4 Å². The average Bonchev–Trinajstić information content (AvgIpc) is 2.27. The first-order valence-corrected chi connectivity index (χ1v) is 6.65. The first-order chi connectivity index (χ1) is 8.71. The molecule has 0 fully saturated rings. The second-order valence-electron chi connectivity index (χ2n) is 3.90. The van der Waals surface area contributed by atoms with E-state index < -0.39 is 21.5 Å². The predicted molar refractivity (Wildman–Crippen MR) is 57.1 cm³/mol. The zero-order valence-corrected chi connectivity index (χ0v) is 10.2. The molecule has 2 rings (SSSR count). The van der Waals surface area contributed by atoms with Gasteiger partial charge in [-0.15, -0.1) is 0 Å². The lowest BCUT2D eigenvalue weighted by Gasteiger charge is -2.15. The predicted octanol–water partition coefficient (Wildman–Crippen LogP) is 1.83. The summed E-state index contributed by atoms with van der Waals surface area (Å²) in [6, 6.07) is 2.16. The number of halogens is 3. The van der Waals surface area contributed by atoms with Crippen LogP contribution in [0.25, 0.3) is 0 Å². The quantitative estimate of drug-likeness (QED) is 0.614. The third-order valence-corrected chi connectivity index (χ3v) is 3.50. The minimum Gasteiger partial charge on any atom is -0.355 e. The van der Waals surface area contributed by atoms with Gasteiger partial charge in [-0.25, -0.2) is 4.98 Å². The molecule has 0 N–H and O–H groups in total. The van der Waals surface area contributed by atoms with E-state index in [1.54, 1.807) is 0 Å². The highest BCUT2D eigenvalue weighted by Gasteiger charge is 2.48. The minimum atomic E-state index is -5.74. The number of carbonyl (C=O) groups excluding carboxylic acids is 1. The Bertz CT molecular complexity index is 624. The molecule has 104 valence electrons. The summed E-state index contributed by atoms with van der Waals surface area (Å²) in [4.78, 5) is 15.1. The van der Waals surface area contributed by atoms with Gasteiger partial charge in [-0.2, -0.15) is 21.6 Å². The number of nitrogens with zero attached hydrogens (tertiary/aromatic N) is 1. The van der Waals surface area contributed by atoms with Crippen molar-refractivity contribution < 1.29 is 30.6 Å². The van der Waals surface area contributed by atoms with E-state index in [2.05, 4.69) is 9.17 Å². The lowest BCUT2D eigenvalue weighted by Crippen LogP contribution is -2.28. The Hall–Kier alpha value is -1.64. The van der Waals surface area contributed by atoms with Gasteiger partial charge in [-0.3, -0.25) is 4.79 Å². The van der Waals surface area contributed by atoms with E-state index in [1.807, 2.05) is 0 Å². The molecule has 0 aliphatic heterocycles. The van der Waals surface area contributed by atoms with Crippen molar-refractivity contribution in [2.75, 3.05) is 0 Å². The summed E-state index contributed by atoms with van der Waals surface area (Å²) in [7, 11) is -5.74. The molecule has 0 spiro atoms. The molecule has 1 aliphatic rings. The number of pyridine rings is 1. The summed E-state index contributed by atoms with van der Waals surface area (Å²) in [6.45, 7) is 0. The number of hydrogen-bond donors (Lipinski definition) is 0. The summed E-state index contributed by atoms with van der Waals surface area (Å²) < 4.78 is 61.9. The van der Waals surface area contributed by atoms with Crippen LogP contribution in [0.2, 0.25) is 0 Å². The van der Waals surface area contributed by atoms with Gasteiger partial charge in [-0.05, 0) is 18.9 Å². The average molecular weight is 295 g/mol. The Labute approximate surface area is 106 Å². The SMILES string of the molecule is O=C1CCCc2nc(OS(=O)(=O)C(F)(F)F)ccc21. The standard InChI is InChI=1S/C10H8F3NO4S/c11-10(12,13)19(16,17)18-9-5-4-6-7(14-9)2-1-3-8(6)15/h4-5H,1-3H2. The molecule has 0 atom stereocenters. The Balaban J connectivity index is 2.32. The summed E-state index contributed by atoms with van der Waals surface area (Å²) in [5.41, 5.74) is -4.96. The van der Waals surface area contributed by atoms with E-state index in [0.717, 1.165) is 6.07 Å². The van der Waals surface area contributed by atoms with Crippen molar-refractivity contribution in [1.29, 1.82) is 0 Å². The molecule has 19 heavy (non-hydrogen) atoms. The maximum absolute atomic E-state index is 12.1. The van der Waals surface area contributed by atoms with E-state index in [9.17, 15) is 26.4 Å². The summed E-state index contributed by atoms with van der Waals surface area (Å²) >= 11 is 0. The fraction of sp³-hybridized carbons (Fsp3) is 0.400. The maximum atomic E-state index is 12.1. The lowest BCUT2D eigenvalue weighted by atomic mass is 9.95. The molecule has 0 unspecified atom stereocenters. The Kier molecular flexibility index (Phi) is 3.25. The van der Waals surface area contributed by atoms with Crippen molar-refractivity contribution in [2.24, 2.45) is 0 Å². The van der Waals surface area contributed by atoms with Crippen LogP contribution < -0.4 is 4.18 Å². The molecule has 1 aliphatic carbocycles. The first-order valence-electron chi connectivity index (χ1n) is 5.24. The van der Waals surface area contributed by atoms with Crippen LogP contribution in [0.4, 0.5) is 13.2 Å². The van der Waals surface area contributed by atoms with Crippen LogP contribution in [-0.2, 0) is 16.5 Å². The number of hydrogen-bond acceptors (Lipinski definition) is 5. The monoisotopic (exact) mass is 295 g/mol. The largest absolute Gasteiger partial charge is 0.534 e. The van der Waals surface area contributed by atoms with Gasteiger partial charge in [0.05, 0.1) is 5.69 Å². The maximum Gasteiger partial charge on any atom is 0.534 e. The third-order valence-electron chi connectivity index (χ3n) is 2.55. The van der Waals surface area contributed by atoms with Crippen LogP contribution >= 0.6 is 0 Å². The lowest BCUT2D eigenvalue weighted by molar-refractivity contribution is -0.0501. The van der Waals surface area contributed by atoms with Crippen LogP contribution in [-0.4, -0.2) is 24.7 Å². The molecule has 0 saturated carbocycles. The molecule has 5 nitrogen and oxygen atoms in total. The molecule has 0 saturated heterocycles. The molecule has 1 heterocycles. The fourth-order valence-electron chi connectivity index (χ4n) is 1.68. The van der Waals surface area contributed by atoms with E-state index in [1.165, 1.54) is 6.07 Å². The third kappa shape index (κ3) is 2.70. The van der Waals surface area contributed by atoms with Crippen LogP contribution in [0.3, 0.4) is 0 Å². The van der Waals surface area contributed by atoms with Crippen LogP contribution in [0.15, 0.2) is 12.1 Å². The summed E-state index contributed by atoms with van der Waals surface area (Å²) in [6.07, 6.45) is 1.26. The number of rotatable bonds is 2. The van der Waals surface area contributed by atoms with E-state index >= 15 is 0 Å². The van der Waals surface area contributed by atoms with Gasteiger partial charge >= 0.3 is 15.6 Å². The smallest absolute Gasteiger partial charge is 0.355 e. The van der Waals surface area contributed by atoms with Gasteiger partial charge in [0.2, 0.25) is 5.88 Å². The summed E-state index contributed by atoms with van der Waals surface area (Å²) in [5, 5.41) is 0. The number of aryl methyl sites for hydroxylation is 1. The number of fused-ring (bicyclic) bond motifs is 1. The van der Waals surface area contributed by atoms with Crippen molar-refractivity contribution in [3.8, 4) is 5.88 Å². The molecule has 1 aromatic rings. The van der Waals surface area contributed by atoms with Crippen LogP contribution in [0.1, 0.15) is 28.9 Å². The molecule has 0 radical (unpaired) electrons. The number of Topliss-reactive ketones (excluding diaryl/α,β-unsaturated/α-hetero) is 1. The molecule has 0 aromatic carbocycles. The van der Waals surface area contributed by atoms with Crippen molar-refractivity contribution in [3.63, 3.8) is 0 Å². The molecule has 9 heteroatoms. The van der Waals surface area contributed by atoms with E-state index in [-0.39, 0.29) is 11.5 Å². The van der Waals surface area contributed by atoms with Gasteiger partial charge in [0.25, 0.3) is 0 Å². The molecule has 0 bridgehead atoms. The van der Waals surface area contributed by atoms with Crippen LogP contribution in [0, 0.1) is 0 Å². The second kappa shape index (κ2) is 4.48. The molecule has 0 amide bonds. The fourth-order valence-corrected chi connectivity index (χ4v) is 2.10. The number of alkyl halides is 3. The molecule has 1 aromatic heterocycles. The van der Waals surface area contributed by atoms with Gasteiger partial charge in [-0.1, -0.05) is 0 Å². The summed E-state index contributed by atoms with van der Waals surface area (Å²) in [5.74, 6) is -0.857. The Morgan fingerprint density at radius 2 is 1.89 bits per heavy atom. The van der Waals surface area contributed by atoms with Gasteiger partial charge in [0, 0.05) is 18.1 Å². The second-order valence-corrected chi connectivity index (χ2v) is 5.44. The van der Waals surface area contributed by atoms with E-state index in [4.69, 9.17) is 0 Å². The normalized spacial score (nSPS) is 16.1. The van der Waals surface area contributed by atoms with E-state index in [0.29, 0.717) is 24.8 Å². The topological polar surface area (TPSA) is 73.3 Å². The number of aromatic nitrogens is 1. The van der Waals surface area contributed by atoms with Gasteiger partial charge in [0.1, 0.15) is 0 Å². The Morgan fingerprint density at radius 1 is 1.21 bits per heavy atom. The Morgan fingerprint density at radius 3 is 2.53 bits per heavy atom. The highest BCUT2D eigenvalue weighted by Crippen LogP contribution is 2.28. The van der Waals surface area contributed by atoms with Gasteiger partial charge in [0.15, 0.2) is 5.78 Å². The minimum absolute atomic E-state index is 0.168. The highest BCUT2D eigenvalue weighted by molar-refractivity contribution is 7.87. The van der Waals surface area contributed by atoms with Crippen molar-refractivity contribution in [1.82, 2.24) is 4.98 Å². The number of ketones is 1. The zero-order chi connectivity index (χ0) is 14.3.